The number of hydrogen-bond acceptors (Lipinski definition) is 3. The van der Waals surface area contributed by atoms with Gasteiger partial charge < -0.3 is 14.1 Å². The van der Waals surface area contributed by atoms with Crippen molar-refractivity contribution in [1.82, 2.24) is 4.90 Å². The zero-order valence-electron chi connectivity index (χ0n) is 13.1. The van der Waals surface area contributed by atoms with E-state index in [2.05, 4.69) is 27.7 Å². The molecule has 0 saturated carbocycles. The Morgan fingerprint density at radius 2 is 2.05 bits per heavy atom. The average molecular weight is 279 g/mol. The van der Waals surface area contributed by atoms with Crippen molar-refractivity contribution in [2.75, 3.05) is 19.8 Å². The van der Waals surface area contributed by atoms with Crippen LogP contribution in [0, 0.1) is 12.8 Å². The molecule has 4 heteroatoms. The largest absolute Gasteiger partial charge is 0.465 e. The molecule has 112 valence electrons. The molecule has 1 aliphatic rings. The number of nitrogens with zero attached hydrogens (tertiary/aromatic N) is 1. The molecular weight excluding hydrogens is 254 g/mol. The zero-order valence-corrected chi connectivity index (χ0v) is 13.1. The van der Waals surface area contributed by atoms with Crippen molar-refractivity contribution in [2.24, 2.45) is 5.92 Å². The highest BCUT2D eigenvalue weighted by molar-refractivity contribution is 5.95. The second kappa shape index (κ2) is 6.00. The van der Waals surface area contributed by atoms with Gasteiger partial charge in [0.15, 0.2) is 0 Å². The number of carbonyl (C=O) groups excluding carboxylic acids is 1. The summed E-state index contributed by atoms with van der Waals surface area (Å²) in [7, 11) is 0. The maximum absolute atomic E-state index is 12.8. The summed E-state index contributed by atoms with van der Waals surface area (Å²) in [4.78, 5) is 14.7. The molecule has 1 aliphatic heterocycles. The van der Waals surface area contributed by atoms with E-state index in [0.717, 1.165) is 5.76 Å². The molecule has 2 heterocycles. The van der Waals surface area contributed by atoms with Crippen molar-refractivity contribution < 1.29 is 13.9 Å². The molecule has 1 fully saturated rings. The third-order valence-electron chi connectivity index (χ3n) is 3.93. The zero-order chi connectivity index (χ0) is 14.9. The minimum absolute atomic E-state index is 0.0696. The maximum atomic E-state index is 12.8. The van der Waals surface area contributed by atoms with Gasteiger partial charge in [-0.1, -0.05) is 27.7 Å². The molecule has 0 N–H and O–H groups in total. The van der Waals surface area contributed by atoms with Gasteiger partial charge in [0.1, 0.15) is 11.5 Å². The topological polar surface area (TPSA) is 42.7 Å². The summed E-state index contributed by atoms with van der Waals surface area (Å²) in [5.41, 5.74) is 0.696. The van der Waals surface area contributed by atoms with Crippen molar-refractivity contribution in [1.29, 1.82) is 0 Å². The monoisotopic (exact) mass is 279 g/mol. The van der Waals surface area contributed by atoms with Gasteiger partial charge >= 0.3 is 0 Å². The summed E-state index contributed by atoms with van der Waals surface area (Å²) in [6, 6.07) is 2.04. The highest BCUT2D eigenvalue weighted by Crippen LogP contribution is 2.25. The molecule has 0 aromatic carbocycles. The molecule has 0 radical (unpaired) electrons. The van der Waals surface area contributed by atoms with Crippen LogP contribution in [0.4, 0.5) is 0 Å². The van der Waals surface area contributed by atoms with E-state index in [-0.39, 0.29) is 11.9 Å². The van der Waals surface area contributed by atoms with Crippen LogP contribution in [0.25, 0.3) is 0 Å². The number of morpholine rings is 1. The van der Waals surface area contributed by atoms with Crippen molar-refractivity contribution >= 4 is 5.91 Å². The predicted octanol–water partition coefficient (Wildman–Crippen LogP) is 3.21. The van der Waals surface area contributed by atoms with Crippen molar-refractivity contribution in [2.45, 2.75) is 46.6 Å². The molecule has 1 aromatic heterocycles. The van der Waals surface area contributed by atoms with Gasteiger partial charge in [0, 0.05) is 12.5 Å². The molecule has 0 aliphatic carbocycles. The quantitative estimate of drug-likeness (QED) is 0.853. The number of carbonyl (C=O) groups is 1. The van der Waals surface area contributed by atoms with E-state index in [0.29, 0.717) is 42.9 Å². The van der Waals surface area contributed by atoms with E-state index in [1.807, 2.05) is 17.9 Å². The highest BCUT2D eigenvalue weighted by Gasteiger charge is 2.32. The molecular formula is C16H25NO3. The van der Waals surface area contributed by atoms with Crippen LogP contribution in [0.5, 0.6) is 0 Å². The van der Waals surface area contributed by atoms with Gasteiger partial charge in [-0.05, 0) is 18.9 Å². The second-order valence-electron chi connectivity index (χ2n) is 6.16. The first-order chi connectivity index (χ1) is 9.41. The number of amides is 1. The molecule has 1 saturated heterocycles. The third kappa shape index (κ3) is 2.90. The number of ether oxygens (including phenoxy) is 1. The van der Waals surface area contributed by atoms with E-state index in [1.165, 1.54) is 0 Å². The summed E-state index contributed by atoms with van der Waals surface area (Å²) in [6.45, 7) is 12.1. The minimum atomic E-state index is 0.0696. The molecule has 1 amide bonds. The Hall–Kier alpha value is -1.29. The summed E-state index contributed by atoms with van der Waals surface area (Å²) >= 11 is 0. The van der Waals surface area contributed by atoms with Crippen LogP contribution in [-0.4, -0.2) is 36.6 Å². The summed E-state index contributed by atoms with van der Waals surface area (Å²) < 4.78 is 11.2. The van der Waals surface area contributed by atoms with Crippen LogP contribution in [0.15, 0.2) is 10.5 Å². The van der Waals surface area contributed by atoms with E-state index >= 15 is 0 Å². The first kappa shape index (κ1) is 15.1. The van der Waals surface area contributed by atoms with E-state index < -0.39 is 0 Å². The Kier molecular flexibility index (Phi) is 4.53. The average Bonchev–Trinajstić information content (AvgIpc) is 2.80. The minimum Gasteiger partial charge on any atom is -0.465 e. The van der Waals surface area contributed by atoms with Crippen LogP contribution >= 0.6 is 0 Å². The van der Waals surface area contributed by atoms with Gasteiger partial charge in [0.05, 0.1) is 24.8 Å². The summed E-state index contributed by atoms with van der Waals surface area (Å²) in [6.07, 6.45) is 0. The van der Waals surface area contributed by atoms with Crippen LogP contribution in [0.1, 0.15) is 55.5 Å². The Morgan fingerprint density at radius 3 is 2.60 bits per heavy atom. The number of aryl methyl sites for hydroxylation is 1. The normalized spacial score (nSPS) is 19.9. The molecule has 1 aromatic rings. The Morgan fingerprint density at radius 1 is 1.35 bits per heavy atom. The fourth-order valence-corrected chi connectivity index (χ4v) is 2.58. The number of hydrogen-bond donors (Lipinski definition) is 0. The van der Waals surface area contributed by atoms with Crippen molar-refractivity contribution in [3.8, 4) is 0 Å². The van der Waals surface area contributed by atoms with Crippen molar-refractivity contribution in [3.63, 3.8) is 0 Å². The smallest absolute Gasteiger partial charge is 0.257 e. The Labute approximate surface area is 121 Å². The van der Waals surface area contributed by atoms with Gasteiger partial charge in [-0.3, -0.25) is 4.79 Å². The molecule has 0 spiro atoms. The lowest BCUT2D eigenvalue weighted by Crippen LogP contribution is -2.51. The maximum Gasteiger partial charge on any atom is 0.257 e. The highest BCUT2D eigenvalue weighted by atomic mass is 16.5. The lowest BCUT2D eigenvalue weighted by Gasteiger charge is -2.37. The fraction of sp³-hybridized carbons (Fsp3) is 0.688. The molecule has 20 heavy (non-hydrogen) atoms. The lowest BCUT2D eigenvalue weighted by atomic mass is 10.0. The van der Waals surface area contributed by atoms with Gasteiger partial charge in [-0.25, -0.2) is 0 Å². The SMILES string of the molecule is Cc1oc(C(C)C)cc1C(=O)N1CCOC[C@H]1C(C)C. The van der Waals surface area contributed by atoms with E-state index in [4.69, 9.17) is 9.15 Å². The molecule has 0 unspecified atom stereocenters. The number of furan rings is 1. The van der Waals surface area contributed by atoms with Gasteiger partial charge in [0.2, 0.25) is 0 Å². The van der Waals surface area contributed by atoms with Crippen LogP contribution in [0.3, 0.4) is 0 Å². The Balaban J connectivity index is 2.25. The molecule has 2 rings (SSSR count). The van der Waals surface area contributed by atoms with E-state index in [9.17, 15) is 4.79 Å². The molecule has 1 atom stereocenters. The van der Waals surface area contributed by atoms with E-state index in [1.54, 1.807) is 0 Å². The van der Waals surface area contributed by atoms with Gasteiger partial charge in [-0.2, -0.15) is 0 Å². The first-order valence-electron chi connectivity index (χ1n) is 7.40. The second-order valence-corrected chi connectivity index (χ2v) is 6.16. The summed E-state index contributed by atoms with van der Waals surface area (Å²) in [5.74, 6) is 2.34. The van der Waals surface area contributed by atoms with Gasteiger partial charge in [0.25, 0.3) is 5.91 Å². The van der Waals surface area contributed by atoms with Gasteiger partial charge in [-0.15, -0.1) is 0 Å². The van der Waals surface area contributed by atoms with Crippen LogP contribution in [0.2, 0.25) is 0 Å². The fourth-order valence-electron chi connectivity index (χ4n) is 2.58. The lowest BCUT2D eigenvalue weighted by molar-refractivity contribution is -0.0155. The summed E-state index contributed by atoms with van der Waals surface area (Å²) in [5, 5.41) is 0. The molecule has 4 nitrogen and oxygen atoms in total. The number of rotatable bonds is 3. The van der Waals surface area contributed by atoms with Crippen LogP contribution < -0.4 is 0 Å². The van der Waals surface area contributed by atoms with Crippen LogP contribution in [-0.2, 0) is 4.74 Å². The molecule has 0 bridgehead atoms. The third-order valence-corrected chi connectivity index (χ3v) is 3.93. The standard InChI is InChI=1S/C16H25NO3/c1-10(2)14-9-19-7-6-17(14)16(18)13-8-15(11(3)4)20-12(13)5/h8,10-11,14H,6-7,9H2,1-5H3/t14-/m0/s1. The first-order valence-corrected chi connectivity index (χ1v) is 7.40. The predicted molar refractivity (Wildman–Crippen MR) is 78.0 cm³/mol. The Bertz CT molecular complexity index is 476. The van der Waals surface area contributed by atoms with Crippen molar-refractivity contribution in [3.05, 3.63) is 23.2 Å².